The molecule has 0 bridgehead atoms. The van der Waals surface area contributed by atoms with Crippen molar-refractivity contribution in [2.24, 2.45) is 0 Å². The molecule has 1 saturated heterocycles. The fourth-order valence-electron chi connectivity index (χ4n) is 3.40. The molecule has 1 aliphatic rings. The van der Waals surface area contributed by atoms with Crippen molar-refractivity contribution >= 4 is 24.3 Å². The van der Waals surface area contributed by atoms with Crippen LogP contribution in [0.2, 0.25) is 0 Å². The van der Waals surface area contributed by atoms with Gasteiger partial charge in [-0.15, -0.1) is 12.4 Å². The first kappa shape index (κ1) is 22.6. The number of hydroxylamine groups is 1. The van der Waals surface area contributed by atoms with Gasteiger partial charge in [-0.2, -0.15) is 15.0 Å². The fourth-order valence-corrected chi connectivity index (χ4v) is 3.40. The third-order valence-electron chi connectivity index (χ3n) is 4.83. The van der Waals surface area contributed by atoms with Crippen LogP contribution in [0.1, 0.15) is 28.7 Å². The van der Waals surface area contributed by atoms with E-state index in [1.807, 2.05) is 26.8 Å². The first-order valence-electron chi connectivity index (χ1n) is 9.62. The molecule has 1 fully saturated rings. The van der Waals surface area contributed by atoms with Crippen molar-refractivity contribution in [1.82, 2.24) is 29.9 Å². The van der Waals surface area contributed by atoms with Gasteiger partial charge in [0.05, 0.1) is 42.8 Å². The Kier molecular flexibility index (Phi) is 6.81. The van der Waals surface area contributed by atoms with Crippen LogP contribution in [0.5, 0.6) is 0 Å². The normalized spacial score (nSPS) is 16.6. The van der Waals surface area contributed by atoms with Crippen LogP contribution in [0.4, 0.5) is 10.3 Å². The average Bonchev–Trinajstić information content (AvgIpc) is 3.16. The molecule has 11 heteroatoms. The molecule has 2 aromatic heterocycles. The smallest absolute Gasteiger partial charge is 0.256 e. The van der Waals surface area contributed by atoms with Crippen molar-refractivity contribution in [1.29, 1.82) is 0 Å². The number of hydrogen-bond acceptors (Lipinski definition) is 7. The highest BCUT2D eigenvalue weighted by atomic mass is 35.5. The van der Waals surface area contributed by atoms with Crippen LogP contribution in [0.25, 0.3) is 5.69 Å². The topological polar surface area (TPSA) is 89.3 Å². The summed E-state index contributed by atoms with van der Waals surface area (Å²) >= 11 is 0. The number of benzene rings is 1. The first-order chi connectivity index (χ1) is 14.4. The summed E-state index contributed by atoms with van der Waals surface area (Å²) in [6, 6.07) is 5.63. The predicted octanol–water partition coefficient (Wildman–Crippen LogP) is 2.52. The van der Waals surface area contributed by atoms with Gasteiger partial charge in [-0.25, -0.2) is 19.4 Å². The van der Waals surface area contributed by atoms with Gasteiger partial charge in [-0.1, -0.05) is 0 Å². The van der Waals surface area contributed by atoms with Crippen LogP contribution in [0, 0.1) is 19.7 Å². The van der Waals surface area contributed by atoms with E-state index in [-0.39, 0.29) is 36.5 Å². The van der Waals surface area contributed by atoms with E-state index >= 15 is 0 Å². The van der Waals surface area contributed by atoms with E-state index in [4.69, 9.17) is 4.84 Å². The molecular weight excluding hydrogens is 425 g/mol. The van der Waals surface area contributed by atoms with Gasteiger partial charge in [0.1, 0.15) is 5.82 Å². The van der Waals surface area contributed by atoms with E-state index in [0.29, 0.717) is 24.7 Å². The van der Waals surface area contributed by atoms with Crippen LogP contribution in [-0.2, 0) is 4.84 Å². The summed E-state index contributed by atoms with van der Waals surface area (Å²) < 4.78 is 14.0. The number of hydrogen-bond donors (Lipinski definition) is 0. The van der Waals surface area contributed by atoms with E-state index in [9.17, 15) is 9.18 Å². The zero-order chi connectivity index (χ0) is 21.3. The third kappa shape index (κ3) is 4.80. The molecule has 0 radical (unpaired) electrons. The summed E-state index contributed by atoms with van der Waals surface area (Å²) in [4.78, 5) is 31.1. The molecule has 9 nitrogen and oxygen atoms in total. The Bertz CT molecular complexity index is 1040. The molecule has 31 heavy (non-hydrogen) atoms. The molecule has 164 valence electrons. The molecular formula is C20H23ClFN7O2. The Morgan fingerprint density at radius 3 is 2.45 bits per heavy atom. The van der Waals surface area contributed by atoms with Crippen LogP contribution in [0.3, 0.4) is 0 Å². The van der Waals surface area contributed by atoms with Gasteiger partial charge in [0.25, 0.3) is 5.91 Å². The highest BCUT2D eigenvalue weighted by Gasteiger charge is 2.29. The van der Waals surface area contributed by atoms with Gasteiger partial charge in [-0.3, -0.25) is 9.63 Å². The third-order valence-corrected chi connectivity index (χ3v) is 4.83. The number of rotatable bonds is 3. The molecule has 1 aromatic carbocycles. The summed E-state index contributed by atoms with van der Waals surface area (Å²) in [7, 11) is 0. The highest BCUT2D eigenvalue weighted by molar-refractivity contribution is 5.98. The number of aromatic nitrogens is 5. The van der Waals surface area contributed by atoms with Gasteiger partial charge >= 0.3 is 0 Å². The van der Waals surface area contributed by atoms with Crippen LogP contribution < -0.4 is 5.06 Å². The van der Waals surface area contributed by atoms with Gasteiger partial charge in [-0.05, 0) is 45.0 Å². The van der Waals surface area contributed by atoms with Crippen molar-refractivity contribution < 1.29 is 14.0 Å². The Labute approximate surface area is 185 Å². The zero-order valence-corrected chi connectivity index (χ0v) is 18.2. The lowest BCUT2D eigenvalue weighted by atomic mass is 10.1. The minimum absolute atomic E-state index is 0. The summed E-state index contributed by atoms with van der Waals surface area (Å²) in [5.74, 6) is -0.361. The molecule has 0 spiro atoms. The van der Waals surface area contributed by atoms with Crippen LogP contribution >= 0.6 is 12.4 Å². The molecule has 1 aliphatic heterocycles. The quantitative estimate of drug-likeness (QED) is 0.609. The minimum atomic E-state index is -0.502. The minimum Gasteiger partial charge on any atom is -0.332 e. The molecule has 0 N–H and O–H groups in total. The Balaban J connectivity index is 0.00000272. The summed E-state index contributed by atoms with van der Waals surface area (Å²) in [6.07, 6.45) is 3.00. The summed E-state index contributed by atoms with van der Waals surface area (Å²) in [5, 5.41) is 9.75. The largest absolute Gasteiger partial charge is 0.332 e. The standard InChI is InChI=1S/C20H22FN7O2.ClH/c1-13-10-14(2)25-20(24-13)27-9-8-26(15(3)12-30-27)19(29)17-11-16(21)4-5-18(17)28-22-6-7-23-28;/h4-7,10-11,15H,8-9,12H2,1-3H3;1H/t15-;/m1./s1. The second kappa shape index (κ2) is 9.36. The maximum atomic E-state index is 14.0. The second-order valence-electron chi connectivity index (χ2n) is 7.18. The number of amides is 1. The molecule has 1 amide bonds. The SMILES string of the molecule is Cc1cc(C)nc(N2CCN(C(=O)c3cc(F)ccc3-n3nccn3)[C@H](C)CO2)n1.Cl. The van der Waals surface area contributed by atoms with E-state index in [2.05, 4.69) is 20.2 Å². The van der Waals surface area contributed by atoms with E-state index in [0.717, 1.165) is 11.4 Å². The lowest BCUT2D eigenvalue weighted by Gasteiger charge is -2.26. The van der Waals surface area contributed by atoms with Crippen LogP contribution in [-0.4, -0.2) is 61.5 Å². The lowest BCUT2D eigenvalue weighted by Crippen LogP contribution is -2.41. The van der Waals surface area contributed by atoms with Crippen molar-refractivity contribution in [2.45, 2.75) is 26.8 Å². The number of carbonyl (C=O) groups excluding carboxylic acids is 1. The molecule has 1 atom stereocenters. The maximum Gasteiger partial charge on any atom is 0.256 e. The van der Waals surface area contributed by atoms with Crippen molar-refractivity contribution in [3.8, 4) is 5.69 Å². The summed E-state index contributed by atoms with van der Waals surface area (Å²) in [6.45, 7) is 6.66. The van der Waals surface area contributed by atoms with Crippen molar-refractivity contribution in [3.63, 3.8) is 0 Å². The van der Waals surface area contributed by atoms with Gasteiger partial charge < -0.3 is 4.90 Å². The van der Waals surface area contributed by atoms with Gasteiger partial charge in [0.15, 0.2) is 0 Å². The Hall–Kier alpha value is -3.11. The second-order valence-corrected chi connectivity index (χ2v) is 7.18. The highest BCUT2D eigenvalue weighted by Crippen LogP contribution is 2.21. The van der Waals surface area contributed by atoms with E-state index in [1.165, 1.54) is 35.4 Å². The molecule has 3 heterocycles. The maximum absolute atomic E-state index is 14.0. The Morgan fingerprint density at radius 2 is 1.77 bits per heavy atom. The number of nitrogens with zero attached hydrogens (tertiary/aromatic N) is 7. The van der Waals surface area contributed by atoms with Crippen molar-refractivity contribution in [2.75, 3.05) is 24.8 Å². The average molecular weight is 448 g/mol. The molecule has 0 unspecified atom stereocenters. The Morgan fingerprint density at radius 1 is 1.10 bits per heavy atom. The number of halogens is 2. The van der Waals surface area contributed by atoms with Gasteiger partial charge in [0.2, 0.25) is 5.95 Å². The first-order valence-corrected chi connectivity index (χ1v) is 9.62. The molecule has 4 rings (SSSR count). The lowest BCUT2D eigenvalue weighted by molar-refractivity contribution is 0.0596. The van der Waals surface area contributed by atoms with Gasteiger partial charge in [0, 0.05) is 17.9 Å². The van der Waals surface area contributed by atoms with E-state index < -0.39 is 5.82 Å². The monoisotopic (exact) mass is 447 g/mol. The predicted molar refractivity (Wildman–Crippen MR) is 114 cm³/mol. The number of anilines is 1. The molecule has 3 aromatic rings. The number of carbonyl (C=O) groups is 1. The molecule has 0 aliphatic carbocycles. The van der Waals surface area contributed by atoms with Crippen molar-refractivity contribution in [3.05, 3.63) is 59.4 Å². The fraction of sp³-hybridized carbons (Fsp3) is 0.350. The zero-order valence-electron chi connectivity index (χ0n) is 17.4. The summed E-state index contributed by atoms with van der Waals surface area (Å²) in [5.41, 5.74) is 2.28. The molecule has 0 saturated carbocycles. The van der Waals surface area contributed by atoms with Crippen LogP contribution in [0.15, 0.2) is 36.7 Å². The number of aryl methyl sites for hydroxylation is 2. The van der Waals surface area contributed by atoms with E-state index in [1.54, 1.807) is 9.96 Å².